The first-order chi connectivity index (χ1) is 11.2. The standard InChI is InChI=1S/C19H24N2OS/c1-16-5-7-17(8-6-16)15-20-9-3-10-21(12-11-20)19(22)14-18-4-2-13-23-18/h2,4-8,13H,3,9-12,14-15H2,1H3. The molecule has 0 N–H and O–H groups in total. The van der Waals surface area contributed by atoms with Crippen LogP contribution >= 0.6 is 11.3 Å². The summed E-state index contributed by atoms with van der Waals surface area (Å²) in [4.78, 5) is 18.1. The van der Waals surface area contributed by atoms with Crippen molar-refractivity contribution in [2.24, 2.45) is 0 Å². The molecule has 1 fully saturated rings. The first-order valence-electron chi connectivity index (χ1n) is 8.29. The summed E-state index contributed by atoms with van der Waals surface area (Å²) in [5.74, 6) is 0.268. The molecule has 0 aliphatic carbocycles. The second-order valence-electron chi connectivity index (χ2n) is 6.25. The number of aryl methyl sites for hydroxylation is 1. The molecule has 2 aromatic rings. The molecule has 4 heteroatoms. The molecule has 1 saturated heterocycles. The van der Waals surface area contributed by atoms with Crippen molar-refractivity contribution >= 4 is 17.2 Å². The van der Waals surface area contributed by atoms with E-state index < -0.39 is 0 Å². The second kappa shape index (κ2) is 7.75. The highest BCUT2D eigenvalue weighted by Crippen LogP contribution is 2.13. The fraction of sp³-hybridized carbons (Fsp3) is 0.421. The van der Waals surface area contributed by atoms with Crippen molar-refractivity contribution in [3.05, 3.63) is 57.8 Å². The van der Waals surface area contributed by atoms with E-state index >= 15 is 0 Å². The molecule has 0 bridgehead atoms. The number of nitrogens with zero attached hydrogens (tertiary/aromatic N) is 2. The van der Waals surface area contributed by atoms with Crippen molar-refractivity contribution in [3.8, 4) is 0 Å². The number of carbonyl (C=O) groups is 1. The van der Waals surface area contributed by atoms with E-state index in [2.05, 4.69) is 36.1 Å². The van der Waals surface area contributed by atoms with Gasteiger partial charge in [0.2, 0.25) is 5.91 Å². The summed E-state index contributed by atoms with van der Waals surface area (Å²) in [6.45, 7) is 6.85. The van der Waals surface area contributed by atoms with Crippen LogP contribution in [0.2, 0.25) is 0 Å². The SMILES string of the molecule is Cc1ccc(CN2CCCN(C(=O)Cc3cccs3)CC2)cc1. The third-order valence-electron chi connectivity index (χ3n) is 4.37. The Hall–Kier alpha value is -1.65. The van der Waals surface area contributed by atoms with Crippen molar-refractivity contribution in [3.63, 3.8) is 0 Å². The molecule has 2 heterocycles. The fourth-order valence-corrected chi connectivity index (χ4v) is 3.70. The quantitative estimate of drug-likeness (QED) is 0.859. The van der Waals surface area contributed by atoms with Gasteiger partial charge >= 0.3 is 0 Å². The van der Waals surface area contributed by atoms with Gasteiger partial charge in [0.15, 0.2) is 0 Å². The number of hydrogen-bond acceptors (Lipinski definition) is 3. The Bertz CT molecular complexity index is 621. The van der Waals surface area contributed by atoms with Crippen LogP contribution in [0.5, 0.6) is 0 Å². The maximum atomic E-state index is 12.4. The van der Waals surface area contributed by atoms with Crippen LogP contribution in [-0.2, 0) is 17.8 Å². The molecule has 0 unspecified atom stereocenters. The monoisotopic (exact) mass is 328 g/mol. The molecule has 23 heavy (non-hydrogen) atoms. The van der Waals surface area contributed by atoms with Gasteiger partial charge < -0.3 is 4.90 Å². The maximum absolute atomic E-state index is 12.4. The number of amides is 1. The van der Waals surface area contributed by atoms with Gasteiger partial charge in [-0.15, -0.1) is 11.3 Å². The Morgan fingerprint density at radius 3 is 2.65 bits per heavy atom. The number of carbonyl (C=O) groups excluding carboxylic acids is 1. The lowest BCUT2D eigenvalue weighted by Gasteiger charge is -2.22. The van der Waals surface area contributed by atoms with Crippen molar-refractivity contribution in [1.29, 1.82) is 0 Å². The highest BCUT2D eigenvalue weighted by atomic mass is 32.1. The van der Waals surface area contributed by atoms with Crippen molar-refractivity contribution in [1.82, 2.24) is 9.80 Å². The molecule has 122 valence electrons. The summed E-state index contributed by atoms with van der Waals surface area (Å²) in [5.41, 5.74) is 2.66. The minimum atomic E-state index is 0.268. The largest absolute Gasteiger partial charge is 0.341 e. The lowest BCUT2D eigenvalue weighted by atomic mass is 10.1. The first kappa shape index (κ1) is 16.2. The van der Waals surface area contributed by atoms with E-state index in [4.69, 9.17) is 0 Å². The topological polar surface area (TPSA) is 23.6 Å². The molecule has 0 radical (unpaired) electrons. The van der Waals surface area contributed by atoms with Crippen LogP contribution < -0.4 is 0 Å². The zero-order valence-corrected chi connectivity index (χ0v) is 14.5. The Morgan fingerprint density at radius 1 is 1.09 bits per heavy atom. The molecule has 0 saturated carbocycles. The minimum absolute atomic E-state index is 0.268. The number of thiophene rings is 1. The van der Waals surface area contributed by atoms with Crippen LogP contribution in [-0.4, -0.2) is 41.9 Å². The van der Waals surface area contributed by atoms with Gasteiger partial charge in [-0.25, -0.2) is 0 Å². The summed E-state index contributed by atoms with van der Waals surface area (Å²) in [5, 5.41) is 2.04. The van der Waals surface area contributed by atoms with Crippen LogP contribution in [0.15, 0.2) is 41.8 Å². The maximum Gasteiger partial charge on any atom is 0.227 e. The minimum Gasteiger partial charge on any atom is -0.341 e. The average molecular weight is 328 g/mol. The normalized spacial score (nSPS) is 16.3. The van der Waals surface area contributed by atoms with Crippen LogP contribution in [0.3, 0.4) is 0 Å². The van der Waals surface area contributed by atoms with Crippen molar-refractivity contribution in [2.75, 3.05) is 26.2 Å². The number of rotatable bonds is 4. The Labute approximate surface area is 142 Å². The molecule has 1 aromatic carbocycles. The van der Waals surface area contributed by atoms with Crippen LogP contribution in [0.1, 0.15) is 22.4 Å². The van der Waals surface area contributed by atoms with E-state index in [1.54, 1.807) is 11.3 Å². The van der Waals surface area contributed by atoms with Crippen molar-refractivity contribution in [2.45, 2.75) is 26.3 Å². The smallest absolute Gasteiger partial charge is 0.227 e. The first-order valence-corrected chi connectivity index (χ1v) is 9.17. The van der Waals surface area contributed by atoms with Crippen molar-refractivity contribution < 1.29 is 4.79 Å². The van der Waals surface area contributed by atoms with Gasteiger partial charge in [-0.05, 0) is 30.4 Å². The van der Waals surface area contributed by atoms with Crippen LogP contribution in [0.25, 0.3) is 0 Å². The molecule has 1 amide bonds. The van der Waals surface area contributed by atoms with E-state index in [0.29, 0.717) is 6.42 Å². The lowest BCUT2D eigenvalue weighted by molar-refractivity contribution is -0.130. The molecule has 3 rings (SSSR count). The molecule has 1 aliphatic rings. The van der Waals surface area contributed by atoms with Gasteiger partial charge in [0, 0.05) is 37.6 Å². The molecule has 0 atom stereocenters. The van der Waals surface area contributed by atoms with Gasteiger partial charge in [0.1, 0.15) is 0 Å². The Balaban J connectivity index is 1.52. The van der Waals surface area contributed by atoms with Crippen LogP contribution in [0.4, 0.5) is 0 Å². The summed E-state index contributed by atoms with van der Waals surface area (Å²) in [7, 11) is 0. The molecule has 0 spiro atoms. The molecule has 3 nitrogen and oxygen atoms in total. The second-order valence-corrected chi connectivity index (χ2v) is 7.28. The van der Waals surface area contributed by atoms with Gasteiger partial charge in [0.05, 0.1) is 6.42 Å². The van der Waals surface area contributed by atoms with Gasteiger partial charge in [0.25, 0.3) is 0 Å². The lowest BCUT2D eigenvalue weighted by Crippen LogP contribution is -2.35. The summed E-state index contributed by atoms with van der Waals surface area (Å²) in [6.07, 6.45) is 1.61. The highest BCUT2D eigenvalue weighted by molar-refractivity contribution is 7.10. The van der Waals surface area contributed by atoms with E-state index in [1.165, 1.54) is 11.1 Å². The predicted octanol–water partition coefficient (Wildman–Crippen LogP) is 3.33. The third-order valence-corrected chi connectivity index (χ3v) is 5.25. The van der Waals surface area contributed by atoms with Gasteiger partial charge in [-0.3, -0.25) is 9.69 Å². The fourth-order valence-electron chi connectivity index (χ4n) is 3.00. The number of hydrogen-bond donors (Lipinski definition) is 0. The molecular formula is C19H24N2OS. The molecule has 1 aromatic heterocycles. The van der Waals surface area contributed by atoms with Crippen LogP contribution in [0, 0.1) is 6.92 Å². The predicted molar refractivity (Wildman–Crippen MR) is 95.7 cm³/mol. The van der Waals surface area contributed by atoms with E-state index in [1.807, 2.05) is 22.4 Å². The van der Waals surface area contributed by atoms with E-state index in [-0.39, 0.29) is 5.91 Å². The summed E-state index contributed by atoms with van der Waals surface area (Å²) < 4.78 is 0. The Morgan fingerprint density at radius 2 is 1.91 bits per heavy atom. The van der Waals surface area contributed by atoms with E-state index in [0.717, 1.165) is 44.0 Å². The number of benzene rings is 1. The molecule has 1 aliphatic heterocycles. The zero-order chi connectivity index (χ0) is 16.1. The van der Waals surface area contributed by atoms with Gasteiger partial charge in [-0.1, -0.05) is 35.9 Å². The van der Waals surface area contributed by atoms with Gasteiger partial charge in [-0.2, -0.15) is 0 Å². The summed E-state index contributed by atoms with van der Waals surface area (Å²) >= 11 is 1.67. The molecular weight excluding hydrogens is 304 g/mol. The highest BCUT2D eigenvalue weighted by Gasteiger charge is 2.19. The third kappa shape index (κ3) is 4.66. The average Bonchev–Trinajstić information content (AvgIpc) is 2.94. The Kier molecular flexibility index (Phi) is 5.47. The van der Waals surface area contributed by atoms with E-state index in [9.17, 15) is 4.79 Å². The summed E-state index contributed by atoms with van der Waals surface area (Å²) in [6, 6.07) is 12.8. The zero-order valence-electron chi connectivity index (χ0n) is 13.7.